The Bertz CT molecular complexity index is 131. The van der Waals surface area contributed by atoms with Crippen LogP contribution in [0.25, 0.3) is 0 Å². The van der Waals surface area contributed by atoms with E-state index in [2.05, 4.69) is 13.2 Å². The maximum atomic E-state index is 9.94. The van der Waals surface area contributed by atoms with Crippen molar-refractivity contribution >= 4 is 14.1 Å². The summed E-state index contributed by atoms with van der Waals surface area (Å²) in [5.41, 5.74) is 0. The van der Waals surface area contributed by atoms with Crippen LogP contribution in [0.1, 0.15) is 0 Å². The minimum atomic E-state index is -1.61. The molecule has 3 nitrogen and oxygen atoms in total. The molecule has 13 heavy (non-hydrogen) atoms. The van der Waals surface area contributed by atoms with Crippen LogP contribution in [0.5, 0.6) is 0 Å². The molecule has 0 heterocycles. The molecule has 0 aromatic carbocycles. The van der Waals surface area contributed by atoms with Gasteiger partial charge < -0.3 is 9.90 Å². The maximum absolute atomic E-state index is 9.94. The van der Waals surface area contributed by atoms with Crippen LogP contribution in [0.15, 0.2) is 25.3 Å². The van der Waals surface area contributed by atoms with Crippen molar-refractivity contribution < 1.29 is 14.7 Å². The van der Waals surface area contributed by atoms with Crippen molar-refractivity contribution in [3.05, 3.63) is 25.3 Å². The molecule has 0 atom stereocenters. The zero-order valence-electron chi connectivity index (χ0n) is 8.87. The number of carbonyl (C=O) groups excluding carboxylic acids is 1. The first kappa shape index (κ1) is 18.1. The molecule has 0 bridgehead atoms. The highest BCUT2D eigenvalue weighted by molar-refractivity contribution is 6.68. The van der Waals surface area contributed by atoms with E-state index in [0.717, 1.165) is 7.11 Å². The van der Waals surface area contributed by atoms with Gasteiger partial charge >= 0.3 is 0 Å². The van der Waals surface area contributed by atoms with Gasteiger partial charge in [-0.1, -0.05) is 13.2 Å². The van der Waals surface area contributed by atoms with Crippen molar-refractivity contribution in [2.75, 3.05) is 7.11 Å². The molecule has 0 aliphatic rings. The zero-order valence-corrected chi connectivity index (χ0v) is 9.87. The van der Waals surface area contributed by atoms with Gasteiger partial charge in [0.25, 0.3) is 0 Å². The molecule has 2 N–H and O–H groups in total. The maximum Gasteiger partial charge on any atom is 0.179 e. The van der Waals surface area contributed by atoms with Crippen LogP contribution in [0.2, 0.25) is 19.6 Å². The topological polar surface area (TPSA) is 57.5 Å². The molecule has 0 aliphatic carbocycles. The van der Waals surface area contributed by atoms with Crippen LogP contribution in [0.3, 0.4) is 0 Å². The second-order valence-electron chi connectivity index (χ2n) is 2.98. The van der Waals surface area contributed by atoms with E-state index in [-0.39, 0.29) is 5.78 Å². The number of hydrogen-bond acceptors (Lipinski definition) is 3. The van der Waals surface area contributed by atoms with Crippen molar-refractivity contribution in [2.24, 2.45) is 0 Å². The monoisotopic (exact) mass is 204 g/mol. The Hall–Kier alpha value is -0.713. The first-order chi connectivity index (χ1) is 5.81. The molecule has 0 unspecified atom stereocenters. The van der Waals surface area contributed by atoms with Crippen LogP contribution >= 0.6 is 0 Å². The highest BCUT2D eigenvalue weighted by Crippen LogP contribution is 1.88. The fourth-order valence-corrected chi connectivity index (χ4v) is 0.0833. The normalized spacial score (nSPS) is 8.15. The Morgan fingerprint density at radius 3 is 1.31 bits per heavy atom. The van der Waals surface area contributed by atoms with Gasteiger partial charge in [-0.2, -0.15) is 0 Å². The third-order valence-corrected chi connectivity index (χ3v) is 0.402. The molecule has 0 rings (SSSR count). The summed E-state index contributed by atoms with van der Waals surface area (Å²) in [4.78, 5) is 18.6. The highest BCUT2D eigenvalue weighted by atomic mass is 28.4. The molecule has 0 spiro atoms. The summed E-state index contributed by atoms with van der Waals surface area (Å²) >= 11 is 0. The number of aliphatic hydroxyl groups excluding tert-OH is 1. The van der Waals surface area contributed by atoms with Gasteiger partial charge in [0.1, 0.15) is 0 Å². The first-order valence-corrected chi connectivity index (χ1v) is 7.22. The van der Waals surface area contributed by atoms with Gasteiger partial charge in [0.15, 0.2) is 14.1 Å². The van der Waals surface area contributed by atoms with Gasteiger partial charge in [-0.25, -0.2) is 0 Å². The van der Waals surface area contributed by atoms with E-state index in [1.165, 1.54) is 12.2 Å². The molecule has 0 aromatic rings. The minimum absolute atomic E-state index is 0.130. The quantitative estimate of drug-likeness (QED) is 0.527. The van der Waals surface area contributed by atoms with E-state index < -0.39 is 8.32 Å². The lowest BCUT2D eigenvalue weighted by Crippen LogP contribution is -2.17. The predicted octanol–water partition coefficient (Wildman–Crippen LogP) is 1.35. The predicted molar refractivity (Wildman–Crippen MR) is 59.1 cm³/mol. The lowest BCUT2D eigenvalue weighted by molar-refractivity contribution is -0.110. The Morgan fingerprint density at radius 1 is 1.15 bits per heavy atom. The molecule has 4 heteroatoms. The van der Waals surface area contributed by atoms with E-state index in [0.29, 0.717) is 0 Å². The molecule has 0 amide bonds. The van der Waals surface area contributed by atoms with Crippen molar-refractivity contribution in [3.8, 4) is 0 Å². The van der Waals surface area contributed by atoms with Crippen molar-refractivity contribution in [1.82, 2.24) is 0 Å². The summed E-state index contributed by atoms with van der Waals surface area (Å²) in [5, 5.41) is 7.00. The second kappa shape index (κ2) is 11.3. The molecule has 0 radical (unpaired) electrons. The molecule has 0 saturated carbocycles. The molecular formula is C9H20O3Si. The Labute approximate surface area is 81.5 Å². The smallest absolute Gasteiger partial charge is 0.179 e. The average molecular weight is 204 g/mol. The summed E-state index contributed by atoms with van der Waals surface area (Å²) in [6.07, 6.45) is 2.43. The summed E-state index contributed by atoms with van der Waals surface area (Å²) in [6.45, 7) is 12.1. The molecular weight excluding hydrogens is 184 g/mol. The Morgan fingerprint density at radius 2 is 1.31 bits per heavy atom. The van der Waals surface area contributed by atoms with Crippen molar-refractivity contribution in [3.63, 3.8) is 0 Å². The number of ketones is 1. The SMILES string of the molecule is C=CC(=O)C=C.CO.C[Si](C)(C)O. The number of aliphatic hydroxyl groups is 1. The minimum Gasteiger partial charge on any atom is -0.433 e. The standard InChI is InChI=1S/C5H6O.C3H10OSi.CH4O/c1-3-5(6)4-2;1-5(2,3)4;1-2/h3-4H,1-2H2;4H,1-3H3;2H,1H3. The summed E-state index contributed by atoms with van der Waals surface area (Å²) in [6, 6.07) is 0. The molecule has 0 saturated heterocycles. The molecule has 78 valence electrons. The first-order valence-electron chi connectivity index (χ1n) is 3.77. The van der Waals surface area contributed by atoms with Crippen LogP contribution in [0.4, 0.5) is 0 Å². The third-order valence-electron chi connectivity index (χ3n) is 0.402. The molecule has 0 aliphatic heterocycles. The lowest BCUT2D eigenvalue weighted by Gasteiger charge is -2.00. The Kier molecular flexibility index (Phi) is 15.8. The fourth-order valence-electron chi connectivity index (χ4n) is 0.0833. The second-order valence-corrected chi connectivity index (χ2v) is 7.32. The van der Waals surface area contributed by atoms with E-state index in [4.69, 9.17) is 9.90 Å². The van der Waals surface area contributed by atoms with Crippen molar-refractivity contribution in [1.29, 1.82) is 0 Å². The van der Waals surface area contributed by atoms with Gasteiger partial charge in [-0.15, -0.1) is 0 Å². The van der Waals surface area contributed by atoms with Gasteiger partial charge in [0.05, 0.1) is 0 Å². The molecule has 0 fully saturated rings. The van der Waals surface area contributed by atoms with E-state index in [1.807, 2.05) is 19.6 Å². The van der Waals surface area contributed by atoms with Crippen molar-refractivity contribution in [2.45, 2.75) is 19.6 Å². The zero-order chi connectivity index (χ0) is 11.5. The van der Waals surface area contributed by atoms with E-state index >= 15 is 0 Å². The van der Waals surface area contributed by atoms with Crippen LogP contribution in [0, 0.1) is 0 Å². The Balaban J connectivity index is -0.000000131. The highest BCUT2D eigenvalue weighted by Gasteiger charge is 2.03. The molecule has 0 aromatic heterocycles. The number of hydrogen-bond donors (Lipinski definition) is 2. The number of allylic oxidation sites excluding steroid dienone is 2. The van der Waals surface area contributed by atoms with Crippen LogP contribution < -0.4 is 0 Å². The summed E-state index contributed by atoms with van der Waals surface area (Å²) < 4.78 is 0. The number of rotatable bonds is 2. The average Bonchev–Trinajstić information content (AvgIpc) is 2.04. The van der Waals surface area contributed by atoms with Crippen LogP contribution in [-0.2, 0) is 4.79 Å². The largest absolute Gasteiger partial charge is 0.433 e. The van der Waals surface area contributed by atoms with Gasteiger partial charge in [-0.05, 0) is 31.8 Å². The van der Waals surface area contributed by atoms with E-state index in [1.54, 1.807) is 0 Å². The fraction of sp³-hybridized carbons (Fsp3) is 0.444. The summed E-state index contributed by atoms with van der Waals surface area (Å²) in [7, 11) is -0.611. The van der Waals surface area contributed by atoms with Gasteiger partial charge in [0.2, 0.25) is 0 Å². The third kappa shape index (κ3) is 90.1. The van der Waals surface area contributed by atoms with E-state index in [9.17, 15) is 4.79 Å². The lowest BCUT2D eigenvalue weighted by atomic mass is 10.4. The number of carbonyl (C=O) groups is 1. The van der Waals surface area contributed by atoms with Crippen LogP contribution in [-0.4, -0.2) is 31.1 Å². The van der Waals surface area contributed by atoms with Gasteiger partial charge in [-0.3, -0.25) is 4.79 Å². The summed E-state index contributed by atoms with van der Waals surface area (Å²) in [5.74, 6) is -0.130. The van der Waals surface area contributed by atoms with Gasteiger partial charge in [0, 0.05) is 7.11 Å².